The molecule has 4 heteroatoms. The number of hydrogen-bond acceptors (Lipinski definition) is 4. The Morgan fingerprint density at radius 3 is 2.72 bits per heavy atom. The number of rotatable bonds is 4. The van der Waals surface area contributed by atoms with Gasteiger partial charge in [0.2, 0.25) is 0 Å². The molecule has 0 aromatic heterocycles. The highest BCUT2D eigenvalue weighted by molar-refractivity contribution is 5.45. The minimum absolute atomic E-state index is 0.308. The van der Waals surface area contributed by atoms with E-state index in [4.69, 9.17) is 9.47 Å². The highest BCUT2D eigenvalue weighted by atomic mass is 16.6. The standard InChI is InChI=1S/C14H18N2O2/c1-3-10(2)16-12(9-15)11-4-5-13-14(8-11)18-7-6-17-13/h4-5,8,10,12,16H,3,6-7H2,1-2H3. The Balaban J connectivity index is 2.18. The van der Waals surface area contributed by atoms with Gasteiger partial charge in [-0.1, -0.05) is 13.0 Å². The molecule has 0 bridgehead atoms. The molecule has 1 heterocycles. The second kappa shape index (κ2) is 5.74. The molecule has 2 unspecified atom stereocenters. The summed E-state index contributed by atoms with van der Waals surface area (Å²) in [6.45, 7) is 5.31. The van der Waals surface area contributed by atoms with Crippen LogP contribution in [0.2, 0.25) is 0 Å². The fourth-order valence-corrected chi connectivity index (χ4v) is 1.85. The largest absolute Gasteiger partial charge is 0.486 e. The molecule has 1 N–H and O–H groups in total. The predicted molar refractivity (Wildman–Crippen MR) is 68.7 cm³/mol. The third-order valence-corrected chi connectivity index (χ3v) is 3.09. The molecule has 1 aliphatic rings. The Bertz CT molecular complexity index is 454. The van der Waals surface area contributed by atoms with Crippen molar-refractivity contribution in [1.82, 2.24) is 5.32 Å². The van der Waals surface area contributed by atoms with Gasteiger partial charge in [0.25, 0.3) is 0 Å². The van der Waals surface area contributed by atoms with Gasteiger partial charge in [0.05, 0.1) is 6.07 Å². The first kappa shape index (κ1) is 12.7. The quantitative estimate of drug-likeness (QED) is 0.886. The van der Waals surface area contributed by atoms with Crippen LogP contribution < -0.4 is 14.8 Å². The zero-order valence-electron chi connectivity index (χ0n) is 10.8. The van der Waals surface area contributed by atoms with Gasteiger partial charge in [0.15, 0.2) is 11.5 Å². The Labute approximate surface area is 108 Å². The lowest BCUT2D eigenvalue weighted by Crippen LogP contribution is -2.29. The van der Waals surface area contributed by atoms with Crippen molar-refractivity contribution in [1.29, 1.82) is 5.26 Å². The minimum Gasteiger partial charge on any atom is -0.486 e. The summed E-state index contributed by atoms with van der Waals surface area (Å²) in [6, 6.07) is 7.95. The fraction of sp³-hybridized carbons (Fsp3) is 0.500. The highest BCUT2D eigenvalue weighted by Crippen LogP contribution is 2.32. The molecule has 1 aromatic rings. The molecule has 1 aromatic carbocycles. The van der Waals surface area contributed by atoms with Crippen LogP contribution in [0.4, 0.5) is 0 Å². The molecule has 4 nitrogen and oxygen atoms in total. The van der Waals surface area contributed by atoms with E-state index < -0.39 is 0 Å². The first-order valence-electron chi connectivity index (χ1n) is 6.29. The molecule has 0 radical (unpaired) electrons. The van der Waals surface area contributed by atoms with Crippen LogP contribution in [0.3, 0.4) is 0 Å². The zero-order valence-corrected chi connectivity index (χ0v) is 10.8. The van der Waals surface area contributed by atoms with Crippen molar-refractivity contribution in [3.8, 4) is 17.6 Å². The normalized spacial score (nSPS) is 16.7. The number of benzene rings is 1. The summed E-state index contributed by atoms with van der Waals surface area (Å²) >= 11 is 0. The average molecular weight is 246 g/mol. The van der Waals surface area contributed by atoms with Gasteiger partial charge in [-0.25, -0.2) is 0 Å². The van der Waals surface area contributed by atoms with Crippen LogP contribution in [0.1, 0.15) is 31.9 Å². The molecule has 0 spiro atoms. The second-order valence-electron chi connectivity index (χ2n) is 4.44. The number of ether oxygens (including phenoxy) is 2. The molecule has 0 saturated heterocycles. The molecule has 0 amide bonds. The van der Waals surface area contributed by atoms with E-state index in [0.29, 0.717) is 19.3 Å². The van der Waals surface area contributed by atoms with Crippen LogP contribution in [0, 0.1) is 11.3 Å². The van der Waals surface area contributed by atoms with E-state index in [1.54, 1.807) is 0 Å². The maximum Gasteiger partial charge on any atom is 0.161 e. The molecule has 2 rings (SSSR count). The predicted octanol–water partition coefficient (Wildman–Crippen LogP) is 2.41. The van der Waals surface area contributed by atoms with E-state index >= 15 is 0 Å². The smallest absolute Gasteiger partial charge is 0.161 e. The number of hydrogen-bond donors (Lipinski definition) is 1. The summed E-state index contributed by atoms with van der Waals surface area (Å²) < 4.78 is 11.0. The first-order valence-corrected chi connectivity index (χ1v) is 6.29. The molecular weight excluding hydrogens is 228 g/mol. The van der Waals surface area contributed by atoms with Gasteiger partial charge in [-0.2, -0.15) is 5.26 Å². The first-order chi connectivity index (χ1) is 8.74. The summed E-state index contributed by atoms with van der Waals surface area (Å²) in [6.07, 6.45) is 0.989. The molecule has 0 fully saturated rings. The Hall–Kier alpha value is -1.73. The van der Waals surface area contributed by atoms with Crippen molar-refractivity contribution >= 4 is 0 Å². The summed E-state index contributed by atoms with van der Waals surface area (Å²) in [7, 11) is 0. The van der Waals surface area contributed by atoms with Crippen LogP contribution in [-0.4, -0.2) is 19.3 Å². The fourth-order valence-electron chi connectivity index (χ4n) is 1.85. The maximum atomic E-state index is 9.24. The monoisotopic (exact) mass is 246 g/mol. The van der Waals surface area contributed by atoms with Gasteiger partial charge in [-0.15, -0.1) is 0 Å². The molecule has 1 aliphatic heterocycles. The van der Waals surface area contributed by atoms with Crippen LogP contribution in [-0.2, 0) is 0 Å². The van der Waals surface area contributed by atoms with Crippen molar-refractivity contribution in [2.75, 3.05) is 13.2 Å². The minimum atomic E-state index is -0.309. The van der Waals surface area contributed by atoms with E-state index in [1.807, 2.05) is 18.2 Å². The average Bonchev–Trinajstić information content (AvgIpc) is 2.44. The van der Waals surface area contributed by atoms with Gasteiger partial charge in [-0.3, -0.25) is 5.32 Å². The van der Waals surface area contributed by atoms with E-state index in [9.17, 15) is 5.26 Å². The maximum absolute atomic E-state index is 9.24. The SMILES string of the molecule is CCC(C)NC(C#N)c1ccc2c(c1)OCCO2. The molecule has 2 atom stereocenters. The summed E-state index contributed by atoms with van der Waals surface area (Å²) in [5, 5.41) is 12.5. The van der Waals surface area contributed by atoms with Gasteiger partial charge < -0.3 is 9.47 Å². The van der Waals surface area contributed by atoms with Crippen molar-refractivity contribution < 1.29 is 9.47 Å². The van der Waals surface area contributed by atoms with Crippen molar-refractivity contribution in [3.05, 3.63) is 23.8 Å². The molecule has 0 saturated carbocycles. The van der Waals surface area contributed by atoms with Crippen molar-refractivity contribution in [2.24, 2.45) is 0 Å². The molecule has 0 aliphatic carbocycles. The van der Waals surface area contributed by atoms with Crippen LogP contribution in [0.25, 0.3) is 0 Å². The van der Waals surface area contributed by atoms with E-state index in [-0.39, 0.29) is 6.04 Å². The Morgan fingerprint density at radius 2 is 2.06 bits per heavy atom. The second-order valence-corrected chi connectivity index (χ2v) is 4.44. The van der Waals surface area contributed by atoms with Crippen molar-refractivity contribution in [3.63, 3.8) is 0 Å². The summed E-state index contributed by atoms with van der Waals surface area (Å²) in [5.74, 6) is 1.48. The van der Waals surface area contributed by atoms with Crippen molar-refractivity contribution in [2.45, 2.75) is 32.4 Å². The van der Waals surface area contributed by atoms with Crippen LogP contribution in [0.5, 0.6) is 11.5 Å². The molecular formula is C14H18N2O2. The highest BCUT2D eigenvalue weighted by Gasteiger charge is 2.17. The van der Waals surface area contributed by atoms with Gasteiger partial charge in [-0.05, 0) is 31.0 Å². The zero-order chi connectivity index (χ0) is 13.0. The lowest BCUT2D eigenvalue weighted by molar-refractivity contribution is 0.171. The van der Waals surface area contributed by atoms with Gasteiger partial charge >= 0.3 is 0 Å². The molecule has 96 valence electrons. The van der Waals surface area contributed by atoms with Gasteiger partial charge in [0.1, 0.15) is 19.3 Å². The van der Waals surface area contributed by atoms with Crippen LogP contribution >= 0.6 is 0 Å². The Morgan fingerprint density at radius 1 is 1.33 bits per heavy atom. The number of nitriles is 1. The van der Waals surface area contributed by atoms with E-state index in [0.717, 1.165) is 23.5 Å². The van der Waals surface area contributed by atoms with E-state index in [2.05, 4.69) is 25.2 Å². The van der Waals surface area contributed by atoms with Gasteiger partial charge in [0, 0.05) is 6.04 Å². The summed E-state index contributed by atoms with van der Waals surface area (Å²) in [4.78, 5) is 0. The Kier molecular flexibility index (Phi) is 4.06. The lowest BCUT2D eigenvalue weighted by Gasteiger charge is -2.21. The lowest BCUT2D eigenvalue weighted by atomic mass is 10.1. The summed E-state index contributed by atoms with van der Waals surface area (Å²) in [5.41, 5.74) is 0.919. The van der Waals surface area contributed by atoms with E-state index in [1.165, 1.54) is 0 Å². The topological polar surface area (TPSA) is 54.3 Å². The third-order valence-electron chi connectivity index (χ3n) is 3.09. The third kappa shape index (κ3) is 2.74. The number of nitrogens with zero attached hydrogens (tertiary/aromatic N) is 1. The molecule has 18 heavy (non-hydrogen) atoms. The number of fused-ring (bicyclic) bond motifs is 1. The van der Waals surface area contributed by atoms with Crippen LogP contribution in [0.15, 0.2) is 18.2 Å². The number of nitrogens with one attached hydrogen (secondary N) is 1.